The second-order valence-electron chi connectivity index (χ2n) is 8.55. The molecule has 0 atom stereocenters. The fourth-order valence-electron chi connectivity index (χ4n) is 4.22. The first-order chi connectivity index (χ1) is 12.6. The number of hydrogen-bond acceptors (Lipinski definition) is 4. The molecule has 0 unspecified atom stereocenters. The third kappa shape index (κ3) is 3.73. The average Bonchev–Trinajstić information content (AvgIpc) is 2.91. The van der Waals surface area contributed by atoms with Gasteiger partial charge in [-0.2, -0.15) is 0 Å². The molecule has 2 aliphatic heterocycles. The lowest BCUT2D eigenvalue weighted by molar-refractivity contribution is -0.0153. The van der Waals surface area contributed by atoms with Gasteiger partial charge in [0.05, 0.1) is 6.61 Å². The Morgan fingerprint density at radius 3 is 2.37 bits per heavy atom. The third-order valence-electron chi connectivity index (χ3n) is 5.62. The Balaban J connectivity index is 1.67. The molecule has 1 N–H and O–H groups in total. The molecule has 0 aliphatic carbocycles. The van der Waals surface area contributed by atoms with Crippen LogP contribution in [0.15, 0.2) is 0 Å². The number of amides is 2. The van der Waals surface area contributed by atoms with Crippen LogP contribution >= 0.6 is 0 Å². The Kier molecular flexibility index (Phi) is 5.06. The molecule has 0 saturated carbocycles. The Morgan fingerprint density at radius 1 is 1.19 bits per heavy atom. The number of carbonyl (C=O) groups excluding carboxylic acids is 3. The van der Waals surface area contributed by atoms with Crippen LogP contribution in [0, 0.1) is 19.3 Å². The highest BCUT2D eigenvalue weighted by atomic mass is 16.6. The number of likely N-dealkylation sites (tertiary alicyclic amines) is 1. The molecular formula is C20H29N3O4. The summed E-state index contributed by atoms with van der Waals surface area (Å²) in [5.41, 5.74) is 2.49. The predicted molar refractivity (Wildman–Crippen MR) is 101 cm³/mol. The molecule has 2 saturated heterocycles. The van der Waals surface area contributed by atoms with E-state index in [-0.39, 0.29) is 29.2 Å². The quantitative estimate of drug-likeness (QED) is 0.824. The van der Waals surface area contributed by atoms with E-state index >= 15 is 0 Å². The van der Waals surface area contributed by atoms with Crippen molar-refractivity contribution in [2.45, 2.75) is 53.5 Å². The minimum Gasteiger partial charge on any atom is -0.449 e. The molecule has 0 spiro atoms. The zero-order chi connectivity index (χ0) is 19.9. The molecule has 2 amide bonds. The monoisotopic (exact) mass is 375 g/mol. The maximum atomic E-state index is 12.9. The summed E-state index contributed by atoms with van der Waals surface area (Å²) in [6.45, 7) is 11.6. The number of aromatic nitrogens is 1. The van der Waals surface area contributed by atoms with E-state index in [1.807, 2.05) is 18.7 Å². The van der Waals surface area contributed by atoms with Crippen LogP contribution < -0.4 is 0 Å². The van der Waals surface area contributed by atoms with Crippen molar-refractivity contribution in [1.82, 2.24) is 14.8 Å². The van der Waals surface area contributed by atoms with Crippen LogP contribution in [0.1, 0.15) is 65.7 Å². The molecule has 0 aromatic carbocycles. The molecule has 2 aliphatic rings. The average molecular weight is 375 g/mol. The first-order valence-corrected chi connectivity index (χ1v) is 9.53. The Morgan fingerprint density at radius 2 is 1.81 bits per heavy atom. The summed E-state index contributed by atoms with van der Waals surface area (Å²) in [6, 6.07) is 0.0976. The van der Waals surface area contributed by atoms with Crippen molar-refractivity contribution in [1.29, 1.82) is 0 Å². The molecule has 27 heavy (non-hydrogen) atoms. The van der Waals surface area contributed by atoms with Crippen LogP contribution in [-0.4, -0.2) is 64.9 Å². The van der Waals surface area contributed by atoms with Crippen LogP contribution in [0.2, 0.25) is 0 Å². The van der Waals surface area contributed by atoms with Crippen molar-refractivity contribution >= 4 is 17.8 Å². The number of rotatable bonds is 3. The van der Waals surface area contributed by atoms with Gasteiger partial charge in [-0.05, 0) is 39.2 Å². The second kappa shape index (κ2) is 7.02. The van der Waals surface area contributed by atoms with Gasteiger partial charge in [0.15, 0.2) is 5.78 Å². The summed E-state index contributed by atoms with van der Waals surface area (Å²) in [6.07, 6.45) is 1.21. The number of ether oxygens (including phenoxy) is 1. The number of aromatic amines is 1. The van der Waals surface area contributed by atoms with E-state index in [9.17, 15) is 14.4 Å². The normalized spacial score (nSPS) is 20.6. The van der Waals surface area contributed by atoms with Gasteiger partial charge in [0.2, 0.25) is 0 Å². The van der Waals surface area contributed by atoms with E-state index in [0.717, 1.165) is 18.5 Å². The summed E-state index contributed by atoms with van der Waals surface area (Å²) >= 11 is 0. The van der Waals surface area contributed by atoms with E-state index in [1.54, 1.807) is 4.90 Å². The molecule has 0 radical (unpaired) electrons. The van der Waals surface area contributed by atoms with Crippen LogP contribution in [0.5, 0.6) is 0 Å². The molecular weight excluding hydrogens is 346 g/mol. The molecule has 1 aromatic heterocycles. The maximum Gasteiger partial charge on any atom is 0.410 e. The van der Waals surface area contributed by atoms with Crippen LogP contribution in [0.4, 0.5) is 4.79 Å². The number of ketones is 1. The topological polar surface area (TPSA) is 82.7 Å². The van der Waals surface area contributed by atoms with Crippen molar-refractivity contribution in [3.8, 4) is 0 Å². The number of cyclic esters (lactones) is 1. The van der Waals surface area contributed by atoms with E-state index in [0.29, 0.717) is 43.1 Å². The standard InChI is InChI=1S/C20H29N3O4/c1-12-16(14(3)24)13(2)21-17(12)18(25)22-8-6-15(7-9-22)23-10-20(4,5)11-27-19(23)26/h15,21H,6-11H2,1-5H3. The van der Waals surface area contributed by atoms with Crippen LogP contribution in [0.3, 0.4) is 0 Å². The molecule has 148 valence electrons. The zero-order valence-electron chi connectivity index (χ0n) is 16.8. The summed E-state index contributed by atoms with van der Waals surface area (Å²) in [5.74, 6) is -0.117. The van der Waals surface area contributed by atoms with Gasteiger partial charge in [0.1, 0.15) is 5.69 Å². The van der Waals surface area contributed by atoms with Crippen LogP contribution in [-0.2, 0) is 4.74 Å². The number of carbonyl (C=O) groups is 3. The minimum absolute atomic E-state index is 0.0368. The fraction of sp³-hybridized carbons (Fsp3) is 0.650. The minimum atomic E-state index is -0.249. The first kappa shape index (κ1) is 19.5. The van der Waals surface area contributed by atoms with Crippen molar-refractivity contribution in [2.75, 3.05) is 26.2 Å². The molecule has 1 aromatic rings. The predicted octanol–water partition coefficient (Wildman–Crippen LogP) is 2.92. The smallest absolute Gasteiger partial charge is 0.410 e. The number of aryl methyl sites for hydroxylation is 1. The van der Waals surface area contributed by atoms with Crippen LogP contribution in [0.25, 0.3) is 0 Å². The van der Waals surface area contributed by atoms with Gasteiger partial charge in [0, 0.05) is 42.3 Å². The summed E-state index contributed by atoms with van der Waals surface area (Å²) < 4.78 is 5.33. The van der Waals surface area contributed by atoms with Gasteiger partial charge in [-0.25, -0.2) is 4.79 Å². The Bertz CT molecular complexity index is 772. The van der Waals surface area contributed by atoms with Crippen molar-refractivity contribution in [3.63, 3.8) is 0 Å². The summed E-state index contributed by atoms with van der Waals surface area (Å²) in [4.78, 5) is 43.6. The number of piperidine rings is 1. The third-order valence-corrected chi connectivity index (χ3v) is 5.62. The highest BCUT2D eigenvalue weighted by Gasteiger charge is 2.38. The van der Waals surface area contributed by atoms with Crippen molar-refractivity contribution < 1.29 is 19.1 Å². The van der Waals surface area contributed by atoms with Gasteiger partial charge in [-0.15, -0.1) is 0 Å². The zero-order valence-corrected chi connectivity index (χ0v) is 16.8. The molecule has 3 rings (SSSR count). The molecule has 0 bridgehead atoms. The number of Topliss-reactive ketones (excluding diaryl/α,β-unsaturated/α-hetero) is 1. The van der Waals surface area contributed by atoms with Gasteiger partial charge in [-0.1, -0.05) is 13.8 Å². The fourth-order valence-corrected chi connectivity index (χ4v) is 4.22. The lowest BCUT2D eigenvalue weighted by Crippen LogP contribution is -2.55. The lowest BCUT2D eigenvalue weighted by Gasteiger charge is -2.44. The first-order valence-electron chi connectivity index (χ1n) is 9.53. The van der Waals surface area contributed by atoms with Gasteiger partial charge >= 0.3 is 6.09 Å². The Hall–Kier alpha value is -2.31. The lowest BCUT2D eigenvalue weighted by atomic mass is 9.91. The summed E-state index contributed by atoms with van der Waals surface area (Å²) in [5, 5.41) is 0. The number of nitrogens with one attached hydrogen (secondary N) is 1. The second-order valence-corrected chi connectivity index (χ2v) is 8.55. The number of hydrogen-bond donors (Lipinski definition) is 1. The van der Waals surface area contributed by atoms with Gasteiger partial charge in [-0.3, -0.25) is 9.59 Å². The van der Waals surface area contributed by atoms with E-state index in [2.05, 4.69) is 18.8 Å². The molecule has 7 nitrogen and oxygen atoms in total. The number of H-pyrrole nitrogens is 1. The number of nitrogens with zero attached hydrogens (tertiary/aromatic N) is 2. The molecule has 3 heterocycles. The molecule has 2 fully saturated rings. The summed E-state index contributed by atoms with van der Waals surface area (Å²) in [7, 11) is 0. The van der Waals surface area contributed by atoms with Gasteiger partial charge < -0.3 is 19.5 Å². The van der Waals surface area contributed by atoms with Crippen molar-refractivity contribution in [3.05, 3.63) is 22.5 Å². The highest BCUT2D eigenvalue weighted by molar-refractivity contribution is 6.02. The SMILES string of the molecule is CC(=O)c1c(C)[nH]c(C(=O)N2CCC(N3CC(C)(C)COC3=O)CC2)c1C. The van der Waals surface area contributed by atoms with Crippen molar-refractivity contribution in [2.24, 2.45) is 5.41 Å². The highest BCUT2D eigenvalue weighted by Crippen LogP contribution is 2.29. The van der Waals surface area contributed by atoms with Gasteiger partial charge in [0.25, 0.3) is 5.91 Å². The largest absolute Gasteiger partial charge is 0.449 e. The van der Waals surface area contributed by atoms with E-state index in [1.165, 1.54) is 6.92 Å². The van der Waals surface area contributed by atoms with E-state index in [4.69, 9.17) is 4.74 Å². The Labute approximate surface area is 160 Å². The van der Waals surface area contributed by atoms with E-state index < -0.39 is 0 Å². The maximum absolute atomic E-state index is 12.9. The molecule has 7 heteroatoms.